The van der Waals surface area contributed by atoms with Gasteiger partial charge in [0.05, 0.1) is 11.8 Å². The Balaban J connectivity index is 2.16. The second-order valence-corrected chi connectivity index (χ2v) is 6.43. The molecule has 108 valence electrons. The standard InChI is InChI=1S/C14H17BrN2O2S/c1-3-19-8(2)7-17-14(18)13-12(16)10-6-9(15)4-5-11(10)20-13/h4-6,8H,3,7,16H2,1-2H3,(H,17,18). The van der Waals surface area contributed by atoms with E-state index in [0.29, 0.717) is 23.7 Å². The molecule has 1 aromatic heterocycles. The zero-order chi connectivity index (χ0) is 14.7. The van der Waals surface area contributed by atoms with E-state index in [2.05, 4.69) is 21.2 Å². The van der Waals surface area contributed by atoms with Crippen LogP contribution < -0.4 is 11.1 Å². The maximum atomic E-state index is 12.2. The Labute approximate surface area is 130 Å². The second kappa shape index (κ2) is 6.56. The molecule has 2 rings (SSSR count). The first-order chi connectivity index (χ1) is 9.52. The first-order valence-corrected chi connectivity index (χ1v) is 8.01. The minimum absolute atomic E-state index is 0.00584. The first-order valence-electron chi connectivity index (χ1n) is 6.40. The Morgan fingerprint density at radius 2 is 2.30 bits per heavy atom. The summed E-state index contributed by atoms with van der Waals surface area (Å²) in [6, 6.07) is 5.83. The van der Waals surface area contributed by atoms with Crippen LogP contribution in [0.4, 0.5) is 5.69 Å². The number of anilines is 1. The van der Waals surface area contributed by atoms with Crippen molar-refractivity contribution < 1.29 is 9.53 Å². The molecule has 0 aliphatic rings. The molecule has 20 heavy (non-hydrogen) atoms. The number of carbonyl (C=O) groups excluding carboxylic acids is 1. The highest BCUT2D eigenvalue weighted by Gasteiger charge is 2.17. The van der Waals surface area contributed by atoms with E-state index in [1.807, 2.05) is 32.0 Å². The molecule has 4 nitrogen and oxygen atoms in total. The summed E-state index contributed by atoms with van der Waals surface area (Å²) in [5, 5.41) is 3.76. The van der Waals surface area contributed by atoms with E-state index in [-0.39, 0.29) is 12.0 Å². The number of carbonyl (C=O) groups is 1. The third-order valence-electron chi connectivity index (χ3n) is 2.90. The fraction of sp³-hybridized carbons (Fsp3) is 0.357. The average molecular weight is 357 g/mol. The molecule has 1 atom stereocenters. The van der Waals surface area contributed by atoms with Gasteiger partial charge in [-0.15, -0.1) is 11.3 Å². The molecule has 0 fully saturated rings. The minimum Gasteiger partial charge on any atom is -0.397 e. The van der Waals surface area contributed by atoms with Crippen molar-refractivity contribution in [1.82, 2.24) is 5.32 Å². The zero-order valence-corrected chi connectivity index (χ0v) is 13.8. The van der Waals surface area contributed by atoms with Crippen LogP contribution in [0.1, 0.15) is 23.5 Å². The molecule has 0 bridgehead atoms. The Kier molecular flexibility index (Phi) is 5.01. The monoisotopic (exact) mass is 356 g/mol. The van der Waals surface area contributed by atoms with E-state index in [1.165, 1.54) is 11.3 Å². The van der Waals surface area contributed by atoms with Crippen LogP contribution in [0, 0.1) is 0 Å². The van der Waals surface area contributed by atoms with E-state index in [0.717, 1.165) is 14.6 Å². The van der Waals surface area contributed by atoms with Gasteiger partial charge in [0.1, 0.15) is 4.88 Å². The highest BCUT2D eigenvalue weighted by Crippen LogP contribution is 2.35. The normalized spacial score (nSPS) is 12.6. The van der Waals surface area contributed by atoms with Crippen LogP contribution in [-0.4, -0.2) is 25.2 Å². The van der Waals surface area contributed by atoms with E-state index in [1.54, 1.807) is 0 Å². The van der Waals surface area contributed by atoms with Crippen LogP contribution in [0.5, 0.6) is 0 Å². The largest absolute Gasteiger partial charge is 0.397 e. The molecule has 0 radical (unpaired) electrons. The lowest BCUT2D eigenvalue weighted by Crippen LogP contribution is -2.32. The number of ether oxygens (including phenoxy) is 1. The molecular weight excluding hydrogens is 340 g/mol. The van der Waals surface area contributed by atoms with Gasteiger partial charge in [-0.1, -0.05) is 15.9 Å². The average Bonchev–Trinajstić information content (AvgIpc) is 2.74. The number of amides is 1. The highest BCUT2D eigenvalue weighted by molar-refractivity contribution is 9.10. The predicted octanol–water partition coefficient (Wildman–Crippen LogP) is 3.40. The molecular formula is C14H17BrN2O2S. The Hall–Kier alpha value is -1.11. The van der Waals surface area contributed by atoms with Gasteiger partial charge in [0, 0.05) is 27.7 Å². The molecule has 1 amide bonds. The van der Waals surface area contributed by atoms with Crippen molar-refractivity contribution in [3.63, 3.8) is 0 Å². The molecule has 6 heteroatoms. The third kappa shape index (κ3) is 3.31. The van der Waals surface area contributed by atoms with Gasteiger partial charge < -0.3 is 15.8 Å². The number of nitrogens with one attached hydrogen (secondary N) is 1. The number of rotatable bonds is 5. The lowest BCUT2D eigenvalue weighted by atomic mass is 10.2. The second-order valence-electron chi connectivity index (χ2n) is 4.46. The molecule has 0 spiro atoms. The highest BCUT2D eigenvalue weighted by atomic mass is 79.9. The summed E-state index contributed by atoms with van der Waals surface area (Å²) in [7, 11) is 0. The van der Waals surface area contributed by atoms with Gasteiger partial charge in [-0.25, -0.2) is 0 Å². The SMILES string of the molecule is CCOC(C)CNC(=O)c1sc2ccc(Br)cc2c1N. The number of thiophene rings is 1. The number of halogens is 1. The lowest BCUT2D eigenvalue weighted by Gasteiger charge is -2.12. The molecule has 0 saturated carbocycles. The maximum Gasteiger partial charge on any atom is 0.263 e. The van der Waals surface area contributed by atoms with Crippen LogP contribution in [0.25, 0.3) is 10.1 Å². The number of nitrogens with two attached hydrogens (primary N) is 1. The molecule has 1 unspecified atom stereocenters. The molecule has 0 aliphatic heterocycles. The Bertz CT molecular complexity index is 627. The van der Waals surface area contributed by atoms with Crippen molar-refractivity contribution in [2.24, 2.45) is 0 Å². The van der Waals surface area contributed by atoms with Gasteiger partial charge in [-0.3, -0.25) is 4.79 Å². The zero-order valence-electron chi connectivity index (χ0n) is 11.4. The van der Waals surface area contributed by atoms with Crippen LogP contribution in [0.2, 0.25) is 0 Å². The number of benzene rings is 1. The fourth-order valence-electron chi connectivity index (χ4n) is 1.92. The Morgan fingerprint density at radius 1 is 1.55 bits per heavy atom. The van der Waals surface area contributed by atoms with E-state index in [4.69, 9.17) is 10.5 Å². The van der Waals surface area contributed by atoms with Crippen molar-refractivity contribution in [2.75, 3.05) is 18.9 Å². The summed E-state index contributed by atoms with van der Waals surface area (Å²) < 4.78 is 7.34. The number of hydrogen-bond acceptors (Lipinski definition) is 4. The number of fused-ring (bicyclic) bond motifs is 1. The summed E-state index contributed by atoms with van der Waals surface area (Å²) in [4.78, 5) is 12.7. The van der Waals surface area contributed by atoms with Crippen LogP contribution in [0.15, 0.2) is 22.7 Å². The molecule has 3 N–H and O–H groups in total. The topological polar surface area (TPSA) is 64.3 Å². The van der Waals surface area contributed by atoms with Crippen molar-refractivity contribution in [3.8, 4) is 0 Å². The van der Waals surface area contributed by atoms with Gasteiger partial charge in [0.25, 0.3) is 5.91 Å². The van der Waals surface area contributed by atoms with E-state index in [9.17, 15) is 4.79 Å². The summed E-state index contributed by atoms with van der Waals surface area (Å²) in [6.45, 7) is 4.97. The number of hydrogen-bond donors (Lipinski definition) is 2. The van der Waals surface area contributed by atoms with Crippen LogP contribution >= 0.6 is 27.3 Å². The van der Waals surface area contributed by atoms with Gasteiger partial charge in [-0.2, -0.15) is 0 Å². The van der Waals surface area contributed by atoms with Gasteiger partial charge >= 0.3 is 0 Å². The van der Waals surface area contributed by atoms with Crippen LogP contribution in [-0.2, 0) is 4.74 Å². The van der Waals surface area contributed by atoms with Gasteiger partial charge in [0.2, 0.25) is 0 Å². The van der Waals surface area contributed by atoms with Gasteiger partial charge in [-0.05, 0) is 32.0 Å². The Morgan fingerprint density at radius 3 is 3.00 bits per heavy atom. The molecule has 2 aromatic rings. The summed E-state index contributed by atoms with van der Waals surface area (Å²) in [5.41, 5.74) is 6.61. The van der Waals surface area contributed by atoms with Crippen LogP contribution in [0.3, 0.4) is 0 Å². The van der Waals surface area contributed by atoms with Crippen molar-refractivity contribution in [1.29, 1.82) is 0 Å². The smallest absolute Gasteiger partial charge is 0.263 e. The van der Waals surface area contributed by atoms with Crippen molar-refractivity contribution >= 4 is 48.9 Å². The third-order valence-corrected chi connectivity index (χ3v) is 4.57. The minimum atomic E-state index is -0.147. The van der Waals surface area contributed by atoms with Gasteiger partial charge in [0.15, 0.2) is 0 Å². The number of nitrogen functional groups attached to an aromatic ring is 1. The first kappa shape index (κ1) is 15.3. The molecule has 1 heterocycles. The van der Waals surface area contributed by atoms with Crippen molar-refractivity contribution in [3.05, 3.63) is 27.5 Å². The van der Waals surface area contributed by atoms with E-state index < -0.39 is 0 Å². The summed E-state index contributed by atoms with van der Waals surface area (Å²) >= 11 is 4.82. The van der Waals surface area contributed by atoms with E-state index >= 15 is 0 Å². The quantitative estimate of drug-likeness (QED) is 0.862. The predicted molar refractivity (Wildman–Crippen MR) is 87.4 cm³/mol. The fourth-order valence-corrected chi connectivity index (χ4v) is 3.30. The summed E-state index contributed by atoms with van der Waals surface area (Å²) in [5.74, 6) is -0.147. The molecule has 1 aromatic carbocycles. The maximum absolute atomic E-state index is 12.2. The molecule has 0 saturated heterocycles. The van der Waals surface area contributed by atoms with Crippen molar-refractivity contribution in [2.45, 2.75) is 20.0 Å². The lowest BCUT2D eigenvalue weighted by molar-refractivity contribution is 0.0697. The molecule has 0 aliphatic carbocycles. The summed E-state index contributed by atoms with van der Waals surface area (Å²) in [6.07, 6.45) is -0.00584.